The smallest absolute Gasteiger partial charge is 0.165 e. The first-order chi connectivity index (χ1) is 6.82. The van der Waals surface area contributed by atoms with E-state index in [1.165, 1.54) is 5.56 Å². The second kappa shape index (κ2) is 4.18. The van der Waals surface area contributed by atoms with Crippen LogP contribution in [-0.4, -0.2) is 5.78 Å². The predicted octanol–water partition coefficient (Wildman–Crippen LogP) is 3.82. The number of ketones is 1. The number of carbonyl (C=O) groups excluding carboxylic acids is 1. The molecular weight excluding hydrogens is 184 g/mol. The fourth-order valence-electron chi connectivity index (χ4n) is 1.47. The van der Waals surface area contributed by atoms with Gasteiger partial charge in [-0.25, -0.2) is 0 Å². The van der Waals surface area contributed by atoms with Gasteiger partial charge in [-0.3, -0.25) is 4.79 Å². The number of hydrogen-bond acceptors (Lipinski definition) is 1. The summed E-state index contributed by atoms with van der Waals surface area (Å²) < 4.78 is 0. The number of hydrogen-bond donors (Lipinski definition) is 0. The molecule has 0 aliphatic heterocycles. The predicted molar refractivity (Wildman–Crippen MR) is 64.3 cm³/mol. The van der Waals surface area contributed by atoms with Crippen LogP contribution in [0.1, 0.15) is 50.5 Å². The highest BCUT2D eigenvalue weighted by Crippen LogP contribution is 2.23. The van der Waals surface area contributed by atoms with Crippen LogP contribution in [0.15, 0.2) is 24.3 Å². The largest absolute Gasteiger partial charge is 0.294 e. The fraction of sp³-hybridized carbons (Fsp3) is 0.500. The van der Waals surface area contributed by atoms with E-state index in [0.717, 1.165) is 5.56 Å². The number of benzene rings is 1. The molecule has 0 saturated carbocycles. The quantitative estimate of drug-likeness (QED) is 0.669. The van der Waals surface area contributed by atoms with Crippen molar-refractivity contribution in [2.45, 2.75) is 40.0 Å². The third kappa shape index (κ3) is 2.92. The molecule has 0 spiro atoms. The molecule has 0 saturated heterocycles. The molecule has 0 N–H and O–H groups in total. The zero-order chi connectivity index (χ0) is 11.6. The van der Waals surface area contributed by atoms with Crippen LogP contribution in [0.2, 0.25) is 0 Å². The lowest BCUT2D eigenvalue weighted by molar-refractivity contribution is 0.0939. The van der Waals surface area contributed by atoms with E-state index in [-0.39, 0.29) is 17.1 Å². The minimum absolute atomic E-state index is 0.0696. The molecule has 0 unspecified atom stereocenters. The second-order valence-electron chi connectivity index (χ2n) is 5.35. The summed E-state index contributed by atoms with van der Waals surface area (Å²) in [6, 6.07) is 7.97. The van der Waals surface area contributed by atoms with Crippen LogP contribution in [0.3, 0.4) is 0 Å². The summed E-state index contributed by atoms with van der Waals surface area (Å²) in [6.45, 7) is 10.3. The summed E-state index contributed by atoms with van der Waals surface area (Å²) in [7, 11) is 0. The van der Waals surface area contributed by atoms with Gasteiger partial charge in [-0.15, -0.1) is 0 Å². The zero-order valence-corrected chi connectivity index (χ0v) is 10.3. The van der Waals surface area contributed by atoms with Crippen molar-refractivity contribution in [1.82, 2.24) is 0 Å². The first kappa shape index (κ1) is 12.0. The van der Waals surface area contributed by atoms with E-state index in [1.807, 2.05) is 32.0 Å². The van der Waals surface area contributed by atoms with E-state index < -0.39 is 0 Å². The molecule has 0 atom stereocenters. The normalized spacial score (nSPS) is 11.9. The van der Waals surface area contributed by atoms with E-state index >= 15 is 0 Å². The molecule has 1 nitrogen and oxygen atoms in total. The van der Waals surface area contributed by atoms with E-state index in [0.29, 0.717) is 0 Å². The molecule has 0 fully saturated rings. The molecule has 1 rings (SSSR count). The number of carbonyl (C=O) groups is 1. The molecule has 15 heavy (non-hydrogen) atoms. The summed E-state index contributed by atoms with van der Waals surface area (Å²) in [6.07, 6.45) is 0. The Balaban J connectivity index is 3.09. The molecule has 0 aromatic heterocycles. The van der Waals surface area contributed by atoms with Crippen LogP contribution in [0.4, 0.5) is 0 Å². The molecule has 0 amide bonds. The molecule has 0 radical (unpaired) electrons. The summed E-state index contributed by atoms with van der Waals surface area (Å²) in [5.74, 6) is 0.293. The average Bonchev–Trinajstić information content (AvgIpc) is 2.15. The van der Waals surface area contributed by atoms with Crippen LogP contribution in [0.25, 0.3) is 0 Å². The van der Waals surface area contributed by atoms with Gasteiger partial charge in [0.1, 0.15) is 0 Å². The van der Waals surface area contributed by atoms with E-state index in [4.69, 9.17) is 0 Å². The molecule has 0 bridgehead atoms. The maximum Gasteiger partial charge on any atom is 0.165 e. The molecule has 1 heteroatoms. The third-order valence-corrected chi connectivity index (χ3v) is 2.54. The molecule has 0 heterocycles. The fourth-order valence-corrected chi connectivity index (χ4v) is 1.47. The number of rotatable bonds is 2. The molecule has 0 aliphatic rings. The zero-order valence-electron chi connectivity index (χ0n) is 10.3. The van der Waals surface area contributed by atoms with E-state index in [9.17, 15) is 4.79 Å². The molecule has 1 aromatic carbocycles. The Hall–Kier alpha value is -1.11. The van der Waals surface area contributed by atoms with Crippen LogP contribution >= 0.6 is 0 Å². The summed E-state index contributed by atoms with van der Waals surface area (Å²) >= 11 is 0. The highest BCUT2D eigenvalue weighted by Gasteiger charge is 2.16. The van der Waals surface area contributed by atoms with Crippen molar-refractivity contribution in [3.05, 3.63) is 35.4 Å². The Labute approximate surface area is 92.5 Å². The summed E-state index contributed by atoms with van der Waals surface area (Å²) in [4.78, 5) is 11.8. The topological polar surface area (TPSA) is 17.1 Å². The maximum absolute atomic E-state index is 11.8. The molecular formula is C14H20O. The van der Waals surface area contributed by atoms with Gasteiger partial charge in [0.15, 0.2) is 5.78 Å². The highest BCUT2D eigenvalue weighted by molar-refractivity contribution is 5.97. The second-order valence-corrected chi connectivity index (χ2v) is 5.35. The number of Topliss-reactive ketones (excluding diaryl/α,β-unsaturated/α-hetero) is 1. The first-order valence-electron chi connectivity index (χ1n) is 5.47. The maximum atomic E-state index is 11.8. The Morgan fingerprint density at radius 1 is 1.20 bits per heavy atom. The van der Waals surface area contributed by atoms with Gasteiger partial charge in [0, 0.05) is 11.5 Å². The van der Waals surface area contributed by atoms with Crippen LogP contribution < -0.4 is 0 Å². The van der Waals surface area contributed by atoms with Gasteiger partial charge >= 0.3 is 0 Å². The minimum Gasteiger partial charge on any atom is -0.294 e. The molecule has 1 aromatic rings. The Morgan fingerprint density at radius 3 is 2.27 bits per heavy atom. The van der Waals surface area contributed by atoms with Crippen LogP contribution in [0, 0.1) is 5.92 Å². The average molecular weight is 204 g/mol. The van der Waals surface area contributed by atoms with Crippen molar-refractivity contribution in [2.75, 3.05) is 0 Å². The van der Waals surface area contributed by atoms with Crippen LogP contribution in [-0.2, 0) is 5.41 Å². The van der Waals surface area contributed by atoms with Gasteiger partial charge in [0.25, 0.3) is 0 Å². The lowest BCUT2D eigenvalue weighted by atomic mass is 9.85. The highest BCUT2D eigenvalue weighted by atomic mass is 16.1. The minimum atomic E-state index is 0.0696. The lowest BCUT2D eigenvalue weighted by Gasteiger charge is -2.19. The Morgan fingerprint density at radius 2 is 1.80 bits per heavy atom. The first-order valence-corrected chi connectivity index (χ1v) is 5.47. The van der Waals surface area contributed by atoms with Crippen LogP contribution in [0.5, 0.6) is 0 Å². The molecule has 82 valence electrons. The Kier molecular flexibility index (Phi) is 3.33. The van der Waals surface area contributed by atoms with Crippen molar-refractivity contribution < 1.29 is 4.79 Å². The molecule has 0 aliphatic carbocycles. The van der Waals surface area contributed by atoms with E-state index in [1.54, 1.807) is 0 Å². The summed E-state index contributed by atoms with van der Waals surface area (Å²) in [5, 5.41) is 0. The third-order valence-electron chi connectivity index (χ3n) is 2.54. The summed E-state index contributed by atoms with van der Waals surface area (Å²) in [5.41, 5.74) is 2.15. The Bertz CT molecular complexity index is 356. The van der Waals surface area contributed by atoms with Gasteiger partial charge in [-0.05, 0) is 17.0 Å². The standard InChI is InChI=1S/C14H20O/c1-10(2)13(15)11-7-6-8-12(9-11)14(3,4)5/h6-10H,1-5H3. The van der Waals surface area contributed by atoms with Crippen molar-refractivity contribution in [2.24, 2.45) is 5.92 Å². The van der Waals surface area contributed by atoms with Crippen molar-refractivity contribution in [3.8, 4) is 0 Å². The van der Waals surface area contributed by atoms with Crippen molar-refractivity contribution in [3.63, 3.8) is 0 Å². The lowest BCUT2D eigenvalue weighted by Crippen LogP contribution is -2.13. The van der Waals surface area contributed by atoms with Gasteiger partial charge in [0.2, 0.25) is 0 Å². The van der Waals surface area contributed by atoms with Gasteiger partial charge in [-0.1, -0.05) is 52.8 Å². The van der Waals surface area contributed by atoms with Gasteiger partial charge in [0.05, 0.1) is 0 Å². The van der Waals surface area contributed by atoms with Gasteiger partial charge in [-0.2, -0.15) is 0 Å². The van der Waals surface area contributed by atoms with Gasteiger partial charge < -0.3 is 0 Å². The van der Waals surface area contributed by atoms with Crippen molar-refractivity contribution in [1.29, 1.82) is 0 Å². The SMILES string of the molecule is CC(C)C(=O)c1cccc(C(C)(C)C)c1. The van der Waals surface area contributed by atoms with E-state index in [2.05, 4.69) is 26.8 Å². The van der Waals surface area contributed by atoms with Crippen molar-refractivity contribution >= 4 is 5.78 Å². The monoisotopic (exact) mass is 204 g/mol.